The highest BCUT2D eigenvalue weighted by molar-refractivity contribution is 7.85. The highest BCUT2D eigenvalue weighted by Gasteiger charge is 2.07. The fourth-order valence-electron chi connectivity index (χ4n) is 1.51. The zero-order valence-electron chi connectivity index (χ0n) is 12.7. The monoisotopic (exact) mass is 323 g/mol. The summed E-state index contributed by atoms with van der Waals surface area (Å²) in [7, 11) is -3.89. The van der Waals surface area contributed by atoms with Crippen LogP contribution in [-0.4, -0.2) is 69.0 Å². The average molecular weight is 323 g/mol. The Morgan fingerprint density at radius 3 is 2.43 bits per heavy atom. The molecule has 0 fully saturated rings. The van der Waals surface area contributed by atoms with Crippen molar-refractivity contribution in [3.05, 3.63) is 12.2 Å². The molecule has 0 saturated heterocycles. The third-order valence-corrected chi connectivity index (χ3v) is 3.49. The number of hydrogen-bond donors (Lipinski definition) is 1. The van der Waals surface area contributed by atoms with Crippen LogP contribution < -0.4 is 0 Å². The first-order valence-electron chi connectivity index (χ1n) is 6.84. The van der Waals surface area contributed by atoms with Gasteiger partial charge in [-0.25, -0.2) is 4.79 Å². The number of nitrogens with zero attached hydrogens (tertiary/aromatic N) is 1. The molecule has 0 amide bonds. The van der Waals surface area contributed by atoms with Gasteiger partial charge in [0.05, 0.1) is 19.0 Å². The summed E-state index contributed by atoms with van der Waals surface area (Å²) in [6.45, 7) is 9.94. The summed E-state index contributed by atoms with van der Waals surface area (Å²) in [6, 6.07) is 0. The molecule has 8 heteroatoms. The van der Waals surface area contributed by atoms with Gasteiger partial charge in [0.25, 0.3) is 10.1 Å². The van der Waals surface area contributed by atoms with Crippen LogP contribution >= 0.6 is 0 Å². The van der Waals surface area contributed by atoms with Gasteiger partial charge in [0.1, 0.15) is 6.61 Å². The van der Waals surface area contributed by atoms with Gasteiger partial charge in [-0.05, 0) is 26.4 Å². The number of hydrogen-bond acceptors (Lipinski definition) is 6. The summed E-state index contributed by atoms with van der Waals surface area (Å²) >= 11 is 0. The first-order valence-corrected chi connectivity index (χ1v) is 8.45. The summed E-state index contributed by atoms with van der Waals surface area (Å²) in [6.07, 6.45) is 0.378. The molecule has 21 heavy (non-hydrogen) atoms. The van der Waals surface area contributed by atoms with E-state index in [0.717, 1.165) is 6.54 Å². The lowest BCUT2D eigenvalue weighted by molar-refractivity contribution is -0.140. The summed E-state index contributed by atoms with van der Waals surface area (Å²) in [5.74, 6) is -0.666. The van der Waals surface area contributed by atoms with E-state index in [2.05, 4.69) is 6.58 Å². The number of rotatable bonds is 12. The highest BCUT2D eigenvalue weighted by Crippen LogP contribution is 1.96. The number of ether oxygens (including phenoxy) is 2. The van der Waals surface area contributed by atoms with Crippen LogP contribution in [-0.2, 0) is 24.4 Å². The molecule has 0 aromatic rings. The van der Waals surface area contributed by atoms with Gasteiger partial charge >= 0.3 is 5.97 Å². The van der Waals surface area contributed by atoms with Crippen LogP contribution in [0, 0.1) is 0 Å². The van der Waals surface area contributed by atoms with Crippen LogP contribution in [0.3, 0.4) is 0 Å². The predicted molar refractivity (Wildman–Crippen MR) is 79.7 cm³/mol. The third kappa shape index (κ3) is 12.5. The Balaban J connectivity index is 3.64. The van der Waals surface area contributed by atoms with E-state index in [9.17, 15) is 13.2 Å². The second kappa shape index (κ2) is 10.7. The quantitative estimate of drug-likeness (QED) is 0.245. The van der Waals surface area contributed by atoms with Crippen LogP contribution in [0.4, 0.5) is 0 Å². The van der Waals surface area contributed by atoms with Crippen molar-refractivity contribution in [3.8, 4) is 0 Å². The maximum absolute atomic E-state index is 11.1. The van der Waals surface area contributed by atoms with Crippen LogP contribution in [0.2, 0.25) is 0 Å². The molecule has 0 heterocycles. The molecule has 1 N–H and O–H groups in total. The van der Waals surface area contributed by atoms with E-state index in [1.165, 1.54) is 0 Å². The first-order chi connectivity index (χ1) is 9.76. The smallest absolute Gasteiger partial charge is 0.333 e. The maximum Gasteiger partial charge on any atom is 0.333 e. The van der Waals surface area contributed by atoms with Gasteiger partial charge in [0.2, 0.25) is 0 Å². The number of likely N-dealkylation sites (N-methyl/N-ethyl adjacent to an activating group) is 1. The lowest BCUT2D eigenvalue weighted by atomic mass is 10.4. The molecule has 0 bridgehead atoms. The minimum Gasteiger partial charge on any atom is -0.460 e. The minimum atomic E-state index is -3.89. The predicted octanol–water partition coefficient (Wildman–Crippen LogP) is 0.722. The van der Waals surface area contributed by atoms with Crippen LogP contribution in [0.15, 0.2) is 12.2 Å². The molecule has 0 aromatic heterocycles. The second-order valence-electron chi connectivity index (χ2n) is 4.60. The zero-order chi connectivity index (χ0) is 16.3. The molecule has 0 rings (SSSR count). The van der Waals surface area contributed by atoms with Gasteiger partial charge in [-0.2, -0.15) is 8.42 Å². The van der Waals surface area contributed by atoms with Gasteiger partial charge < -0.3 is 14.4 Å². The van der Waals surface area contributed by atoms with Gasteiger partial charge in [-0.3, -0.25) is 4.55 Å². The number of esters is 1. The van der Waals surface area contributed by atoms with Crippen molar-refractivity contribution in [2.75, 3.05) is 45.2 Å². The molecule has 0 saturated carbocycles. The zero-order valence-corrected chi connectivity index (χ0v) is 13.5. The summed E-state index contributed by atoms with van der Waals surface area (Å²) < 4.78 is 40.0. The molecule has 0 spiro atoms. The van der Waals surface area contributed by atoms with E-state index in [0.29, 0.717) is 38.3 Å². The van der Waals surface area contributed by atoms with E-state index in [4.69, 9.17) is 14.0 Å². The Morgan fingerprint density at radius 2 is 1.90 bits per heavy atom. The molecule has 7 nitrogen and oxygen atoms in total. The summed E-state index contributed by atoms with van der Waals surface area (Å²) in [5.41, 5.74) is 0.353. The normalized spacial score (nSPS) is 11.6. The van der Waals surface area contributed by atoms with Crippen LogP contribution in [0.1, 0.15) is 20.3 Å². The Bertz CT molecular complexity index is 420. The standard InChI is InChI=1S/C13H25NO6S/c1-4-14(6-5-11-21(16,17)18)7-8-19-9-10-20-13(15)12(2)3/h2,4-11H2,1,3H3,(H,16,17,18). The van der Waals surface area contributed by atoms with Crippen molar-refractivity contribution in [2.24, 2.45) is 0 Å². The highest BCUT2D eigenvalue weighted by atomic mass is 32.2. The van der Waals surface area contributed by atoms with Crippen molar-refractivity contribution < 1.29 is 27.2 Å². The summed E-state index contributed by atoms with van der Waals surface area (Å²) in [5, 5.41) is 0. The number of carbonyl (C=O) groups excluding carboxylic acids is 1. The van der Waals surface area contributed by atoms with E-state index < -0.39 is 16.1 Å². The molecule has 0 aliphatic rings. The van der Waals surface area contributed by atoms with Crippen molar-refractivity contribution in [3.63, 3.8) is 0 Å². The Labute approximate surface area is 126 Å². The molecule has 0 atom stereocenters. The van der Waals surface area contributed by atoms with Gasteiger partial charge in [0, 0.05) is 12.1 Å². The first kappa shape index (κ1) is 20.0. The van der Waals surface area contributed by atoms with Crippen molar-refractivity contribution >= 4 is 16.1 Å². The second-order valence-corrected chi connectivity index (χ2v) is 6.17. The van der Waals surface area contributed by atoms with Crippen molar-refractivity contribution in [1.29, 1.82) is 0 Å². The fourth-order valence-corrected chi connectivity index (χ4v) is 2.00. The molecule has 124 valence electrons. The topological polar surface area (TPSA) is 93.1 Å². The molecule has 0 radical (unpaired) electrons. The van der Waals surface area contributed by atoms with E-state index in [-0.39, 0.29) is 12.4 Å². The maximum atomic E-state index is 11.1. The van der Waals surface area contributed by atoms with E-state index in [1.807, 2.05) is 11.8 Å². The fraction of sp³-hybridized carbons (Fsp3) is 0.769. The van der Waals surface area contributed by atoms with Crippen LogP contribution in [0.5, 0.6) is 0 Å². The lowest BCUT2D eigenvalue weighted by Crippen LogP contribution is -2.30. The van der Waals surface area contributed by atoms with Gasteiger partial charge in [-0.1, -0.05) is 13.5 Å². The molecule has 0 aliphatic carbocycles. The number of carbonyl (C=O) groups is 1. The Kier molecular flexibility index (Phi) is 10.2. The molecule has 0 unspecified atom stereocenters. The van der Waals surface area contributed by atoms with E-state index in [1.54, 1.807) is 6.92 Å². The van der Waals surface area contributed by atoms with Crippen molar-refractivity contribution in [2.45, 2.75) is 20.3 Å². The lowest BCUT2D eigenvalue weighted by Gasteiger charge is -2.19. The molecule has 0 aliphatic heterocycles. The Hall–Kier alpha value is -0.960. The molecular weight excluding hydrogens is 298 g/mol. The minimum absolute atomic E-state index is 0.181. The van der Waals surface area contributed by atoms with E-state index >= 15 is 0 Å². The average Bonchev–Trinajstić information content (AvgIpc) is 2.38. The van der Waals surface area contributed by atoms with Crippen LogP contribution in [0.25, 0.3) is 0 Å². The molecular formula is C13H25NO6S. The molecule has 0 aromatic carbocycles. The largest absolute Gasteiger partial charge is 0.460 e. The van der Waals surface area contributed by atoms with Crippen molar-refractivity contribution in [1.82, 2.24) is 4.90 Å². The third-order valence-electron chi connectivity index (χ3n) is 2.68. The summed E-state index contributed by atoms with van der Waals surface area (Å²) in [4.78, 5) is 13.1. The van der Waals surface area contributed by atoms with Gasteiger partial charge in [-0.15, -0.1) is 0 Å². The van der Waals surface area contributed by atoms with Gasteiger partial charge in [0.15, 0.2) is 0 Å². The Morgan fingerprint density at radius 1 is 1.24 bits per heavy atom. The SMILES string of the molecule is C=C(C)C(=O)OCCOCCN(CC)CCCS(=O)(=O)O.